The van der Waals surface area contributed by atoms with Gasteiger partial charge in [0.1, 0.15) is 5.60 Å². The molecule has 1 aromatic rings. The summed E-state index contributed by atoms with van der Waals surface area (Å²) in [7, 11) is 0. The molecular weight excluding hydrogens is 338 g/mol. The lowest BCUT2D eigenvalue weighted by atomic mass is 9.91. The number of likely N-dealkylation sites (tertiary alicyclic amines) is 1. The molecule has 1 fully saturated rings. The summed E-state index contributed by atoms with van der Waals surface area (Å²) in [6.07, 6.45) is 4.13. The number of hydrogen-bond donors (Lipinski definition) is 1. The average Bonchev–Trinajstić information content (AvgIpc) is 2.78. The minimum absolute atomic E-state index is 0.115. The Morgan fingerprint density at radius 2 is 2.16 bits per heavy atom. The SMILES string of the molecule is CC(C)(C)OC(=O)N1C[C@@H](CCC(N)c2ccc(Cl)cn2)CC1(C)C. The molecule has 0 radical (unpaired) electrons. The smallest absolute Gasteiger partial charge is 0.410 e. The van der Waals surface area contributed by atoms with Gasteiger partial charge in [0.2, 0.25) is 0 Å². The van der Waals surface area contributed by atoms with Crippen LogP contribution in [0.4, 0.5) is 4.79 Å². The number of amides is 1. The van der Waals surface area contributed by atoms with Crippen LogP contribution in [0.1, 0.15) is 65.6 Å². The molecule has 25 heavy (non-hydrogen) atoms. The maximum absolute atomic E-state index is 12.5. The zero-order chi connectivity index (χ0) is 18.8. The van der Waals surface area contributed by atoms with Crippen molar-refractivity contribution in [3.63, 3.8) is 0 Å². The van der Waals surface area contributed by atoms with E-state index in [0.717, 1.165) is 25.0 Å². The number of aromatic nitrogens is 1. The molecule has 5 nitrogen and oxygen atoms in total. The van der Waals surface area contributed by atoms with Crippen LogP contribution in [0.25, 0.3) is 0 Å². The fourth-order valence-electron chi connectivity index (χ4n) is 3.39. The summed E-state index contributed by atoms with van der Waals surface area (Å²) in [4.78, 5) is 18.6. The van der Waals surface area contributed by atoms with Crippen LogP contribution in [0, 0.1) is 5.92 Å². The molecule has 2 atom stereocenters. The van der Waals surface area contributed by atoms with E-state index in [1.807, 2.05) is 37.8 Å². The van der Waals surface area contributed by atoms with E-state index in [-0.39, 0.29) is 17.7 Å². The first-order valence-electron chi connectivity index (χ1n) is 8.85. The van der Waals surface area contributed by atoms with Gasteiger partial charge in [-0.2, -0.15) is 0 Å². The normalized spacial score (nSPS) is 21.2. The standard InChI is InChI=1S/C19H30ClN3O2/c1-18(2,3)25-17(24)23-12-13(10-19(23,4)5)6-8-15(21)16-9-7-14(20)11-22-16/h7,9,11,13,15H,6,8,10,12,21H2,1-5H3/t13-,15?/m0/s1. The summed E-state index contributed by atoms with van der Waals surface area (Å²) >= 11 is 5.87. The fraction of sp³-hybridized carbons (Fsp3) is 0.684. The second-order valence-electron chi connectivity index (χ2n) is 8.56. The van der Waals surface area contributed by atoms with Crippen LogP contribution in [-0.4, -0.2) is 33.7 Å². The average molecular weight is 368 g/mol. The second kappa shape index (κ2) is 7.50. The zero-order valence-electron chi connectivity index (χ0n) is 15.9. The zero-order valence-corrected chi connectivity index (χ0v) is 16.6. The van der Waals surface area contributed by atoms with Gasteiger partial charge in [0.25, 0.3) is 0 Å². The highest BCUT2D eigenvalue weighted by molar-refractivity contribution is 6.30. The number of hydrogen-bond acceptors (Lipinski definition) is 4. The number of pyridine rings is 1. The minimum Gasteiger partial charge on any atom is -0.444 e. The third-order valence-electron chi connectivity index (χ3n) is 4.59. The Hall–Kier alpha value is -1.33. The van der Waals surface area contributed by atoms with Crippen LogP contribution in [0.15, 0.2) is 18.3 Å². The number of nitrogens with zero attached hydrogens (tertiary/aromatic N) is 2. The van der Waals surface area contributed by atoms with Gasteiger partial charge in [-0.15, -0.1) is 0 Å². The van der Waals surface area contributed by atoms with Gasteiger partial charge in [0.05, 0.1) is 10.7 Å². The number of halogens is 1. The van der Waals surface area contributed by atoms with Crippen molar-refractivity contribution in [2.75, 3.05) is 6.54 Å². The minimum atomic E-state index is -0.478. The van der Waals surface area contributed by atoms with Gasteiger partial charge in [-0.05, 0) is 71.9 Å². The van der Waals surface area contributed by atoms with Crippen molar-refractivity contribution in [2.45, 2.75) is 71.1 Å². The van der Waals surface area contributed by atoms with E-state index in [1.165, 1.54) is 0 Å². The fourth-order valence-corrected chi connectivity index (χ4v) is 3.50. The first kappa shape index (κ1) is 20.0. The van der Waals surface area contributed by atoms with E-state index in [4.69, 9.17) is 22.1 Å². The lowest BCUT2D eigenvalue weighted by Crippen LogP contribution is -2.45. The van der Waals surface area contributed by atoms with Gasteiger partial charge in [-0.3, -0.25) is 4.98 Å². The van der Waals surface area contributed by atoms with Crippen molar-refractivity contribution < 1.29 is 9.53 Å². The van der Waals surface area contributed by atoms with Gasteiger partial charge >= 0.3 is 6.09 Å². The van der Waals surface area contributed by atoms with Crippen molar-refractivity contribution in [1.29, 1.82) is 0 Å². The Balaban J connectivity index is 1.91. The summed E-state index contributed by atoms with van der Waals surface area (Å²) in [5, 5.41) is 0.612. The monoisotopic (exact) mass is 367 g/mol. The molecule has 1 aliphatic heterocycles. The number of ether oxygens (including phenoxy) is 1. The van der Waals surface area contributed by atoms with E-state index in [0.29, 0.717) is 17.5 Å². The third kappa shape index (κ3) is 5.58. The molecular formula is C19H30ClN3O2. The van der Waals surface area contributed by atoms with Gasteiger partial charge in [0, 0.05) is 24.3 Å². The van der Waals surface area contributed by atoms with Gasteiger partial charge in [-0.1, -0.05) is 11.6 Å². The van der Waals surface area contributed by atoms with Gasteiger partial charge in [-0.25, -0.2) is 4.79 Å². The summed E-state index contributed by atoms with van der Waals surface area (Å²) in [5.74, 6) is 0.417. The predicted octanol–water partition coefficient (Wildman–Crippen LogP) is 4.55. The van der Waals surface area contributed by atoms with Crippen LogP contribution >= 0.6 is 11.6 Å². The lowest BCUT2D eigenvalue weighted by Gasteiger charge is -2.33. The number of rotatable bonds is 4. The highest BCUT2D eigenvalue weighted by Gasteiger charge is 2.42. The molecule has 2 rings (SSSR count). The largest absolute Gasteiger partial charge is 0.444 e. The maximum atomic E-state index is 12.5. The molecule has 0 saturated carbocycles. The molecule has 0 spiro atoms. The summed E-state index contributed by atoms with van der Waals surface area (Å²) in [5.41, 5.74) is 6.43. The lowest BCUT2D eigenvalue weighted by molar-refractivity contribution is 0.0131. The third-order valence-corrected chi connectivity index (χ3v) is 4.81. The Morgan fingerprint density at radius 1 is 1.48 bits per heavy atom. The van der Waals surface area contributed by atoms with Crippen molar-refractivity contribution in [3.05, 3.63) is 29.0 Å². The van der Waals surface area contributed by atoms with E-state index >= 15 is 0 Å². The van der Waals surface area contributed by atoms with E-state index in [1.54, 1.807) is 6.20 Å². The van der Waals surface area contributed by atoms with E-state index in [9.17, 15) is 4.79 Å². The molecule has 140 valence electrons. The van der Waals surface area contributed by atoms with Crippen molar-refractivity contribution >= 4 is 17.7 Å². The molecule has 1 unspecified atom stereocenters. The van der Waals surface area contributed by atoms with Crippen LogP contribution in [-0.2, 0) is 4.74 Å². The molecule has 0 aromatic carbocycles. The highest BCUT2D eigenvalue weighted by atomic mass is 35.5. The molecule has 1 aromatic heterocycles. The van der Waals surface area contributed by atoms with Crippen molar-refractivity contribution in [2.24, 2.45) is 11.7 Å². The Kier molecular flexibility index (Phi) is 6.00. The van der Waals surface area contributed by atoms with Crippen LogP contribution < -0.4 is 5.73 Å². The van der Waals surface area contributed by atoms with Crippen molar-refractivity contribution in [1.82, 2.24) is 9.88 Å². The molecule has 0 aliphatic carbocycles. The topological polar surface area (TPSA) is 68.5 Å². The second-order valence-corrected chi connectivity index (χ2v) is 9.00. The number of nitrogens with two attached hydrogens (primary N) is 1. The van der Waals surface area contributed by atoms with Crippen molar-refractivity contribution in [3.8, 4) is 0 Å². The predicted molar refractivity (Wildman–Crippen MR) is 101 cm³/mol. The quantitative estimate of drug-likeness (QED) is 0.847. The van der Waals surface area contributed by atoms with E-state index < -0.39 is 5.60 Å². The van der Waals surface area contributed by atoms with Crippen LogP contribution in [0.2, 0.25) is 5.02 Å². The Labute approximate surface area is 155 Å². The summed E-state index contributed by atoms with van der Waals surface area (Å²) in [6.45, 7) is 10.6. The van der Waals surface area contributed by atoms with E-state index in [2.05, 4.69) is 18.8 Å². The molecule has 6 heteroatoms. The summed E-state index contributed by atoms with van der Waals surface area (Å²) < 4.78 is 5.55. The first-order chi connectivity index (χ1) is 11.5. The van der Waals surface area contributed by atoms with Gasteiger partial charge < -0.3 is 15.4 Å². The maximum Gasteiger partial charge on any atom is 0.410 e. The first-order valence-corrected chi connectivity index (χ1v) is 9.23. The molecule has 2 N–H and O–H groups in total. The number of carbonyl (C=O) groups excluding carboxylic acids is 1. The van der Waals surface area contributed by atoms with Crippen LogP contribution in [0.5, 0.6) is 0 Å². The molecule has 1 amide bonds. The van der Waals surface area contributed by atoms with Crippen LogP contribution in [0.3, 0.4) is 0 Å². The molecule has 0 bridgehead atoms. The highest BCUT2D eigenvalue weighted by Crippen LogP contribution is 2.37. The number of carbonyl (C=O) groups is 1. The Bertz CT molecular complexity index is 596. The molecule has 2 heterocycles. The Morgan fingerprint density at radius 3 is 2.72 bits per heavy atom. The molecule has 1 aliphatic rings. The summed E-state index contributed by atoms with van der Waals surface area (Å²) in [6, 6.07) is 3.57. The molecule has 1 saturated heterocycles. The van der Waals surface area contributed by atoms with Gasteiger partial charge in [0.15, 0.2) is 0 Å².